The average molecular weight is 242 g/mol. The maximum Gasteiger partial charge on any atom is 0.170 e. The first-order valence-electron chi connectivity index (χ1n) is 6.13. The molecule has 0 aliphatic rings. The number of hydrogen-bond donors (Lipinski definition) is 0. The van der Waals surface area contributed by atoms with E-state index in [1.807, 2.05) is 33.8 Å². The Bertz CT molecular complexity index is 571. The maximum atomic E-state index is 12.2. The van der Waals surface area contributed by atoms with E-state index in [0.29, 0.717) is 17.7 Å². The van der Waals surface area contributed by atoms with Gasteiger partial charge >= 0.3 is 0 Å². The lowest BCUT2D eigenvalue weighted by molar-refractivity contribution is 0.0991. The Kier molecular flexibility index (Phi) is 3.37. The topological polar surface area (TPSA) is 30.2 Å². The molecule has 0 unspecified atom stereocenters. The molecule has 0 aliphatic heterocycles. The summed E-state index contributed by atoms with van der Waals surface area (Å²) in [7, 11) is 0. The van der Waals surface area contributed by atoms with Gasteiger partial charge in [0.25, 0.3) is 0 Å². The Morgan fingerprint density at radius 1 is 1.00 bits per heavy atom. The summed E-state index contributed by atoms with van der Waals surface area (Å²) in [4.78, 5) is 12.2. The molecule has 0 amide bonds. The number of Topliss-reactive ketones (excluding diaryl/α,β-unsaturated/α-hetero) is 1. The Morgan fingerprint density at radius 2 is 1.61 bits per heavy atom. The van der Waals surface area contributed by atoms with Crippen molar-refractivity contribution in [3.63, 3.8) is 0 Å². The Morgan fingerprint density at radius 3 is 2.11 bits per heavy atom. The van der Waals surface area contributed by atoms with Crippen molar-refractivity contribution < 1.29 is 9.21 Å². The summed E-state index contributed by atoms with van der Waals surface area (Å²) in [6.45, 7) is 7.80. The molecule has 0 fully saturated rings. The largest absolute Gasteiger partial charge is 0.466 e. The first kappa shape index (κ1) is 12.6. The van der Waals surface area contributed by atoms with Crippen LogP contribution in [0, 0.1) is 27.7 Å². The molecule has 1 heterocycles. The van der Waals surface area contributed by atoms with Gasteiger partial charge in [-0.05, 0) is 39.3 Å². The number of aryl methyl sites for hydroxylation is 4. The van der Waals surface area contributed by atoms with E-state index in [0.717, 1.165) is 11.3 Å². The summed E-state index contributed by atoms with van der Waals surface area (Å²) in [6.07, 6.45) is 0.433. The molecule has 0 spiro atoms. The van der Waals surface area contributed by atoms with E-state index in [4.69, 9.17) is 4.42 Å². The molecule has 1 aromatic heterocycles. The number of ketones is 1. The zero-order chi connectivity index (χ0) is 13.3. The first-order valence-corrected chi connectivity index (χ1v) is 6.13. The van der Waals surface area contributed by atoms with Crippen molar-refractivity contribution in [2.45, 2.75) is 34.1 Å². The van der Waals surface area contributed by atoms with Crippen molar-refractivity contribution in [1.29, 1.82) is 0 Å². The van der Waals surface area contributed by atoms with Gasteiger partial charge in [0.2, 0.25) is 0 Å². The standard InChI is InChI=1S/C16H18O2/c1-10-5-11(2)7-14(6-10)9-16(17)15-8-12(3)18-13(15)4/h5-8H,9H2,1-4H3. The minimum absolute atomic E-state index is 0.120. The van der Waals surface area contributed by atoms with Crippen LogP contribution >= 0.6 is 0 Å². The summed E-state index contributed by atoms with van der Waals surface area (Å²) in [5.41, 5.74) is 4.15. The number of carbonyl (C=O) groups excluding carboxylic acids is 1. The second-order valence-electron chi connectivity index (χ2n) is 4.92. The predicted octanol–water partition coefficient (Wildman–Crippen LogP) is 3.94. The van der Waals surface area contributed by atoms with Crippen LogP contribution < -0.4 is 0 Å². The third kappa shape index (κ3) is 2.70. The minimum atomic E-state index is 0.120. The molecule has 18 heavy (non-hydrogen) atoms. The van der Waals surface area contributed by atoms with Crippen LogP contribution in [0.25, 0.3) is 0 Å². The fourth-order valence-electron chi connectivity index (χ4n) is 2.36. The third-order valence-electron chi connectivity index (χ3n) is 2.99. The Balaban J connectivity index is 2.23. The summed E-state index contributed by atoms with van der Waals surface area (Å²) >= 11 is 0. The van der Waals surface area contributed by atoms with E-state index in [1.54, 1.807) is 0 Å². The van der Waals surface area contributed by atoms with Crippen LogP contribution in [0.1, 0.15) is 38.6 Å². The third-order valence-corrected chi connectivity index (χ3v) is 2.99. The zero-order valence-electron chi connectivity index (χ0n) is 11.3. The quantitative estimate of drug-likeness (QED) is 0.763. The van der Waals surface area contributed by atoms with Gasteiger partial charge in [0.1, 0.15) is 11.5 Å². The van der Waals surface area contributed by atoms with Crippen molar-refractivity contribution >= 4 is 5.78 Å². The first-order chi connectivity index (χ1) is 8.45. The van der Waals surface area contributed by atoms with Crippen molar-refractivity contribution in [2.75, 3.05) is 0 Å². The predicted molar refractivity (Wildman–Crippen MR) is 72.1 cm³/mol. The molecule has 2 nitrogen and oxygen atoms in total. The highest BCUT2D eigenvalue weighted by molar-refractivity contribution is 5.98. The molecule has 2 rings (SSSR count). The van der Waals surface area contributed by atoms with E-state index < -0.39 is 0 Å². The second kappa shape index (κ2) is 4.81. The van der Waals surface area contributed by atoms with Crippen LogP contribution in [0.3, 0.4) is 0 Å². The van der Waals surface area contributed by atoms with Crippen LogP contribution in [0.4, 0.5) is 0 Å². The van der Waals surface area contributed by atoms with Gasteiger partial charge in [-0.15, -0.1) is 0 Å². The van der Waals surface area contributed by atoms with Crippen LogP contribution in [0.2, 0.25) is 0 Å². The number of rotatable bonds is 3. The highest BCUT2D eigenvalue weighted by Crippen LogP contribution is 2.17. The summed E-state index contributed by atoms with van der Waals surface area (Å²) < 4.78 is 5.40. The molecule has 0 radical (unpaired) electrons. The number of hydrogen-bond acceptors (Lipinski definition) is 2. The number of benzene rings is 1. The van der Waals surface area contributed by atoms with Crippen LogP contribution in [0.5, 0.6) is 0 Å². The number of carbonyl (C=O) groups is 1. The van der Waals surface area contributed by atoms with Gasteiger partial charge in [-0.1, -0.05) is 29.3 Å². The highest BCUT2D eigenvalue weighted by atomic mass is 16.3. The normalized spacial score (nSPS) is 10.7. The average Bonchev–Trinajstić information content (AvgIpc) is 2.56. The molecule has 1 aromatic carbocycles. The fraction of sp³-hybridized carbons (Fsp3) is 0.312. The van der Waals surface area contributed by atoms with E-state index in [-0.39, 0.29) is 5.78 Å². The molecule has 2 heteroatoms. The van der Waals surface area contributed by atoms with Crippen molar-refractivity contribution in [3.8, 4) is 0 Å². The van der Waals surface area contributed by atoms with E-state index in [2.05, 4.69) is 18.2 Å². The van der Waals surface area contributed by atoms with Gasteiger partial charge in [0.05, 0.1) is 5.56 Å². The highest BCUT2D eigenvalue weighted by Gasteiger charge is 2.14. The van der Waals surface area contributed by atoms with Crippen LogP contribution in [-0.4, -0.2) is 5.78 Å². The summed E-state index contributed by atoms with van der Waals surface area (Å²) in [6, 6.07) is 8.06. The molecular weight excluding hydrogens is 224 g/mol. The molecule has 0 saturated heterocycles. The zero-order valence-corrected chi connectivity index (χ0v) is 11.3. The maximum absolute atomic E-state index is 12.2. The van der Waals surface area contributed by atoms with Crippen LogP contribution in [0.15, 0.2) is 28.7 Å². The van der Waals surface area contributed by atoms with E-state index >= 15 is 0 Å². The van der Waals surface area contributed by atoms with Gasteiger partial charge in [-0.25, -0.2) is 0 Å². The fourth-order valence-corrected chi connectivity index (χ4v) is 2.36. The molecular formula is C16H18O2. The SMILES string of the molecule is Cc1cc(C)cc(CC(=O)c2cc(C)oc2C)c1. The summed E-state index contributed by atoms with van der Waals surface area (Å²) in [5, 5.41) is 0. The lowest BCUT2D eigenvalue weighted by Crippen LogP contribution is -2.04. The monoisotopic (exact) mass is 242 g/mol. The van der Waals surface area contributed by atoms with Gasteiger partial charge in [0, 0.05) is 6.42 Å². The van der Waals surface area contributed by atoms with Gasteiger partial charge in [-0.2, -0.15) is 0 Å². The molecule has 94 valence electrons. The molecule has 0 bridgehead atoms. The van der Waals surface area contributed by atoms with Crippen LogP contribution in [-0.2, 0) is 6.42 Å². The lowest BCUT2D eigenvalue weighted by Gasteiger charge is -2.04. The van der Waals surface area contributed by atoms with E-state index in [9.17, 15) is 4.79 Å². The van der Waals surface area contributed by atoms with Gasteiger partial charge in [-0.3, -0.25) is 4.79 Å². The van der Waals surface area contributed by atoms with Crippen molar-refractivity contribution in [1.82, 2.24) is 0 Å². The molecule has 0 saturated carbocycles. The molecule has 0 N–H and O–H groups in total. The van der Waals surface area contributed by atoms with Crippen molar-refractivity contribution in [3.05, 3.63) is 58.0 Å². The smallest absolute Gasteiger partial charge is 0.170 e. The van der Waals surface area contributed by atoms with Gasteiger partial charge in [0.15, 0.2) is 5.78 Å². The number of furan rings is 1. The summed E-state index contributed by atoms with van der Waals surface area (Å²) in [5.74, 6) is 1.62. The molecule has 0 atom stereocenters. The van der Waals surface area contributed by atoms with Crippen molar-refractivity contribution in [2.24, 2.45) is 0 Å². The lowest BCUT2D eigenvalue weighted by atomic mass is 10.00. The second-order valence-corrected chi connectivity index (χ2v) is 4.92. The van der Waals surface area contributed by atoms with E-state index in [1.165, 1.54) is 11.1 Å². The minimum Gasteiger partial charge on any atom is -0.466 e. The Hall–Kier alpha value is -1.83. The molecule has 2 aromatic rings. The Labute approximate surface area is 108 Å². The molecule has 0 aliphatic carbocycles. The van der Waals surface area contributed by atoms with Gasteiger partial charge < -0.3 is 4.42 Å².